The maximum Gasteiger partial charge on any atom is 0.197 e. The number of hydrogen-bond acceptors (Lipinski definition) is 2. The van der Waals surface area contributed by atoms with Gasteiger partial charge in [-0.3, -0.25) is 4.57 Å². The molecule has 0 saturated carbocycles. The topological polar surface area (TPSA) is 45.4 Å². The first-order chi connectivity index (χ1) is 8.72. The minimum absolute atomic E-state index is 0.145. The number of benzene rings is 1. The van der Waals surface area contributed by atoms with Crippen molar-refractivity contribution in [2.75, 3.05) is 0 Å². The Hall–Kier alpha value is -1.90. The molecule has 0 unspecified atom stereocenters. The predicted molar refractivity (Wildman–Crippen MR) is 71.9 cm³/mol. The number of aromatic nitrogens is 1. The summed E-state index contributed by atoms with van der Waals surface area (Å²) in [5.41, 5.74) is 1.90. The van der Waals surface area contributed by atoms with Gasteiger partial charge in [0.15, 0.2) is 11.8 Å². The molecule has 0 aliphatic carbocycles. The van der Waals surface area contributed by atoms with Crippen LogP contribution in [0, 0.1) is 0 Å². The number of nitrogens with zero attached hydrogens (tertiary/aromatic N) is 1. The van der Waals surface area contributed by atoms with Gasteiger partial charge in [0.05, 0.1) is 0 Å². The highest BCUT2D eigenvalue weighted by Gasteiger charge is 2.13. The molecule has 0 spiro atoms. The molecular formula is C15H19NO2. The molecule has 2 N–H and O–H groups in total. The van der Waals surface area contributed by atoms with E-state index in [0.717, 1.165) is 24.0 Å². The molecule has 0 bridgehead atoms. The van der Waals surface area contributed by atoms with Crippen molar-refractivity contribution in [3.05, 3.63) is 47.5 Å². The van der Waals surface area contributed by atoms with E-state index in [2.05, 4.69) is 6.92 Å². The summed E-state index contributed by atoms with van der Waals surface area (Å²) in [6.07, 6.45) is 2.62. The number of unbranched alkanes of at least 4 members (excludes halogenated alkanes) is 1. The molecule has 1 heterocycles. The molecule has 0 radical (unpaired) electrons. The summed E-state index contributed by atoms with van der Waals surface area (Å²) < 4.78 is 1.57. The van der Waals surface area contributed by atoms with Gasteiger partial charge in [-0.05, 0) is 12.0 Å². The van der Waals surface area contributed by atoms with Crippen molar-refractivity contribution in [3.63, 3.8) is 0 Å². The molecule has 2 rings (SSSR count). The smallest absolute Gasteiger partial charge is 0.197 e. The first-order valence-electron chi connectivity index (χ1n) is 6.36. The van der Waals surface area contributed by atoms with Crippen LogP contribution in [0.3, 0.4) is 0 Å². The Balaban J connectivity index is 2.19. The fourth-order valence-corrected chi connectivity index (χ4v) is 2.06. The molecule has 0 aliphatic heterocycles. The van der Waals surface area contributed by atoms with E-state index < -0.39 is 0 Å². The van der Waals surface area contributed by atoms with Crippen LogP contribution in [0.2, 0.25) is 0 Å². The third kappa shape index (κ3) is 2.67. The molecule has 96 valence electrons. The van der Waals surface area contributed by atoms with Gasteiger partial charge in [0.25, 0.3) is 0 Å². The van der Waals surface area contributed by atoms with Crippen molar-refractivity contribution in [2.24, 2.45) is 0 Å². The largest absolute Gasteiger partial charge is 0.494 e. The lowest BCUT2D eigenvalue weighted by Gasteiger charge is -2.06. The van der Waals surface area contributed by atoms with Gasteiger partial charge in [0.2, 0.25) is 0 Å². The molecule has 0 saturated heterocycles. The van der Waals surface area contributed by atoms with Crippen molar-refractivity contribution >= 4 is 0 Å². The molecular weight excluding hydrogens is 226 g/mol. The van der Waals surface area contributed by atoms with Gasteiger partial charge in [-0.2, -0.15) is 0 Å². The molecule has 0 aliphatic rings. The lowest BCUT2D eigenvalue weighted by Crippen LogP contribution is -1.96. The molecule has 3 nitrogen and oxygen atoms in total. The first-order valence-corrected chi connectivity index (χ1v) is 6.36. The van der Waals surface area contributed by atoms with Gasteiger partial charge >= 0.3 is 0 Å². The molecule has 18 heavy (non-hydrogen) atoms. The number of hydrogen-bond donors (Lipinski definition) is 2. The molecule has 1 aromatic heterocycles. The summed E-state index contributed by atoms with van der Waals surface area (Å²) in [5.74, 6) is 0.330. The standard InChI is InChI=1S/C15H19NO2/c1-2-3-9-16-14(17)11-13(15(16)18)10-12-7-5-4-6-8-12/h4-8,11,17-18H,2-3,9-10H2,1H3. The van der Waals surface area contributed by atoms with Crippen LogP contribution in [-0.2, 0) is 13.0 Å². The highest BCUT2D eigenvalue weighted by molar-refractivity contribution is 5.39. The zero-order chi connectivity index (χ0) is 13.0. The van der Waals surface area contributed by atoms with Crippen LogP contribution in [-0.4, -0.2) is 14.8 Å². The van der Waals surface area contributed by atoms with E-state index in [1.54, 1.807) is 10.6 Å². The molecule has 2 aromatic rings. The summed E-state index contributed by atoms with van der Waals surface area (Å²) in [6.45, 7) is 2.74. The monoisotopic (exact) mass is 245 g/mol. The Kier molecular flexibility index (Phi) is 3.92. The van der Waals surface area contributed by atoms with E-state index in [-0.39, 0.29) is 11.8 Å². The minimum Gasteiger partial charge on any atom is -0.494 e. The normalized spacial score (nSPS) is 10.7. The van der Waals surface area contributed by atoms with E-state index in [1.165, 1.54) is 0 Å². The zero-order valence-corrected chi connectivity index (χ0v) is 10.6. The second-order valence-corrected chi connectivity index (χ2v) is 4.52. The van der Waals surface area contributed by atoms with Crippen LogP contribution >= 0.6 is 0 Å². The number of aromatic hydroxyl groups is 2. The summed E-state index contributed by atoms with van der Waals surface area (Å²) >= 11 is 0. The first kappa shape index (κ1) is 12.6. The average Bonchev–Trinajstić information content (AvgIpc) is 2.64. The van der Waals surface area contributed by atoms with E-state index >= 15 is 0 Å². The Morgan fingerprint density at radius 1 is 1.11 bits per heavy atom. The van der Waals surface area contributed by atoms with E-state index in [9.17, 15) is 10.2 Å². The zero-order valence-electron chi connectivity index (χ0n) is 10.6. The highest BCUT2D eigenvalue weighted by Crippen LogP contribution is 2.29. The maximum atomic E-state index is 10.1. The van der Waals surface area contributed by atoms with Crippen LogP contribution < -0.4 is 0 Å². The van der Waals surface area contributed by atoms with E-state index in [4.69, 9.17) is 0 Å². The third-order valence-corrected chi connectivity index (χ3v) is 3.10. The fourth-order valence-electron chi connectivity index (χ4n) is 2.06. The second-order valence-electron chi connectivity index (χ2n) is 4.52. The summed E-state index contributed by atoms with van der Waals surface area (Å²) in [6, 6.07) is 11.6. The average molecular weight is 245 g/mol. The highest BCUT2D eigenvalue weighted by atomic mass is 16.3. The van der Waals surface area contributed by atoms with Crippen molar-refractivity contribution in [2.45, 2.75) is 32.7 Å². The van der Waals surface area contributed by atoms with E-state index in [0.29, 0.717) is 13.0 Å². The Morgan fingerprint density at radius 3 is 2.50 bits per heavy atom. The van der Waals surface area contributed by atoms with Crippen molar-refractivity contribution in [3.8, 4) is 11.8 Å². The minimum atomic E-state index is 0.145. The van der Waals surface area contributed by atoms with Crippen molar-refractivity contribution in [1.82, 2.24) is 4.57 Å². The SMILES string of the molecule is CCCCn1c(O)cc(Cc2ccccc2)c1O. The van der Waals surface area contributed by atoms with Gasteiger partial charge in [0.1, 0.15) is 0 Å². The van der Waals surface area contributed by atoms with Gasteiger partial charge in [-0.25, -0.2) is 0 Å². The molecule has 0 amide bonds. The van der Waals surface area contributed by atoms with Crippen LogP contribution in [0.25, 0.3) is 0 Å². The summed E-state index contributed by atoms with van der Waals surface area (Å²) in [5, 5.41) is 19.9. The summed E-state index contributed by atoms with van der Waals surface area (Å²) in [4.78, 5) is 0. The Morgan fingerprint density at radius 2 is 1.83 bits per heavy atom. The number of rotatable bonds is 5. The molecule has 0 atom stereocenters. The van der Waals surface area contributed by atoms with Crippen molar-refractivity contribution < 1.29 is 10.2 Å². The van der Waals surface area contributed by atoms with Gasteiger partial charge in [0, 0.05) is 24.6 Å². The molecule has 0 fully saturated rings. The van der Waals surface area contributed by atoms with Gasteiger partial charge in [-0.1, -0.05) is 43.7 Å². The second kappa shape index (κ2) is 5.63. The van der Waals surface area contributed by atoms with Crippen molar-refractivity contribution in [1.29, 1.82) is 0 Å². The maximum absolute atomic E-state index is 10.1. The van der Waals surface area contributed by atoms with Gasteiger partial charge in [-0.15, -0.1) is 0 Å². The lowest BCUT2D eigenvalue weighted by molar-refractivity contribution is 0.362. The van der Waals surface area contributed by atoms with Crippen LogP contribution in [0.4, 0.5) is 0 Å². The molecule has 1 aromatic carbocycles. The Bertz CT molecular complexity index is 503. The fraction of sp³-hybridized carbons (Fsp3) is 0.333. The molecule has 3 heteroatoms. The predicted octanol–water partition coefficient (Wildman–Crippen LogP) is 3.29. The third-order valence-electron chi connectivity index (χ3n) is 3.10. The lowest BCUT2D eigenvalue weighted by atomic mass is 10.1. The van der Waals surface area contributed by atoms with Crippen LogP contribution in [0.15, 0.2) is 36.4 Å². The Labute approximate surface area is 107 Å². The quantitative estimate of drug-likeness (QED) is 0.849. The van der Waals surface area contributed by atoms with Crippen LogP contribution in [0.5, 0.6) is 11.8 Å². The summed E-state index contributed by atoms with van der Waals surface area (Å²) in [7, 11) is 0. The van der Waals surface area contributed by atoms with E-state index in [1.807, 2.05) is 30.3 Å². The van der Waals surface area contributed by atoms with Crippen LogP contribution in [0.1, 0.15) is 30.9 Å². The van der Waals surface area contributed by atoms with Gasteiger partial charge < -0.3 is 10.2 Å².